The fourth-order valence-corrected chi connectivity index (χ4v) is 3.80. The summed E-state index contributed by atoms with van der Waals surface area (Å²) < 4.78 is 55.8. The van der Waals surface area contributed by atoms with E-state index in [0.29, 0.717) is 36.3 Å². The van der Waals surface area contributed by atoms with Gasteiger partial charge in [-0.2, -0.15) is 4.39 Å². The molecule has 2 aromatic rings. The molecule has 0 aliphatic carbocycles. The van der Waals surface area contributed by atoms with Crippen molar-refractivity contribution >= 4 is 11.3 Å². The largest absolute Gasteiger partial charge is 0.573 e. The van der Waals surface area contributed by atoms with Crippen molar-refractivity contribution in [2.75, 3.05) is 18.0 Å². The van der Waals surface area contributed by atoms with Crippen molar-refractivity contribution in [3.05, 3.63) is 72.5 Å². The van der Waals surface area contributed by atoms with E-state index in [1.54, 1.807) is 30.5 Å². The quantitative estimate of drug-likeness (QED) is 0.599. The third-order valence-corrected chi connectivity index (χ3v) is 5.04. The van der Waals surface area contributed by atoms with Crippen LogP contribution in [-0.2, 0) is 0 Å². The van der Waals surface area contributed by atoms with Gasteiger partial charge in [-0.25, -0.2) is 4.98 Å². The Balaban J connectivity index is 1.69. The molecule has 0 radical (unpaired) electrons. The van der Waals surface area contributed by atoms with Gasteiger partial charge in [0.1, 0.15) is 11.9 Å². The fourth-order valence-electron chi connectivity index (χ4n) is 3.80. The lowest BCUT2D eigenvalue weighted by Crippen LogP contribution is -2.47. The van der Waals surface area contributed by atoms with Crippen LogP contribution in [0.4, 0.5) is 23.2 Å². The highest BCUT2D eigenvalue weighted by Crippen LogP contribution is 2.35. The number of allylic oxidation sites excluding steroid dienone is 2. The van der Waals surface area contributed by atoms with Gasteiger partial charge in [0.2, 0.25) is 5.95 Å². The van der Waals surface area contributed by atoms with Crippen LogP contribution < -0.4 is 9.64 Å². The van der Waals surface area contributed by atoms with Crippen LogP contribution in [0, 0.1) is 5.95 Å². The Morgan fingerprint density at radius 3 is 2.53 bits per heavy atom. The number of nitrogens with zero attached hydrogens (tertiary/aromatic N) is 3. The molecule has 0 spiro atoms. The zero-order valence-electron chi connectivity index (χ0n) is 15.8. The Bertz CT molecular complexity index is 959. The average Bonchev–Trinajstić information content (AvgIpc) is 3.13. The van der Waals surface area contributed by atoms with Crippen LogP contribution in [0.2, 0.25) is 0 Å². The lowest BCUT2D eigenvalue weighted by molar-refractivity contribution is -0.274. The number of aliphatic hydroxyl groups excluding tert-OH is 1. The first-order valence-electron chi connectivity index (χ1n) is 9.37. The van der Waals surface area contributed by atoms with Gasteiger partial charge in [-0.05, 0) is 48.9 Å². The van der Waals surface area contributed by atoms with Crippen molar-refractivity contribution in [3.63, 3.8) is 0 Å². The van der Waals surface area contributed by atoms with Crippen LogP contribution in [0.15, 0.2) is 60.9 Å². The first-order chi connectivity index (χ1) is 14.3. The van der Waals surface area contributed by atoms with Gasteiger partial charge < -0.3 is 14.7 Å². The standard InChI is InChI=1S/C21H19F4N3O2/c22-19-17(3-1-10-26-19)18-4-2-11-28(20(18)27-12-9-15(29)13-27)14-5-7-16(8-6-14)30-21(23,24)25/h1-8,10-11,15,20,29H,9,12-13H2/t15?,20-/m1/s1. The predicted octanol–water partition coefficient (Wildman–Crippen LogP) is 3.93. The highest BCUT2D eigenvalue weighted by molar-refractivity contribution is 5.77. The topological polar surface area (TPSA) is 48.8 Å². The fraction of sp³-hybridized carbons (Fsp3) is 0.286. The number of alkyl halides is 3. The number of hydrogen-bond acceptors (Lipinski definition) is 5. The molecular formula is C21H19F4N3O2. The number of β-amino-alcohol motifs (C(OH)–C–C–N with tert-alkyl or cyclic N) is 1. The lowest BCUT2D eigenvalue weighted by atomic mass is 9.99. The molecule has 4 rings (SSSR count). The number of rotatable bonds is 4. The summed E-state index contributed by atoms with van der Waals surface area (Å²) in [5.74, 6) is -0.938. The zero-order chi connectivity index (χ0) is 21.3. The van der Waals surface area contributed by atoms with Gasteiger partial charge in [0.05, 0.1) is 6.10 Å². The maximum Gasteiger partial charge on any atom is 0.573 e. The number of likely N-dealkylation sites (tertiary alicyclic amines) is 1. The summed E-state index contributed by atoms with van der Waals surface area (Å²) >= 11 is 0. The maximum absolute atomic E-state index is 14.5. The van der Waals surface area contributed by atoms with E-state index in [4.69, 9.17) is 0 Å². The molecular weight excluding hydrogens is 402 g/mol. The molecule has 2 aliphatic heterocycles. The van der Waals surface area contributed by atoms with Crippen LogP contribution in [0.3, 0.4) is 0 Å². The molecule has 1 aromatic heterocycles. The molecule has 30 heavy (non-hydrogen) atoms. The highest BCUT2D eigenvalue weighted by Gasteiger charge is 2.36. The van der Waals surface area contributed by atoms with E-state index in [1.807, 2.05) is 9.80 Å². The van der Waals surface area contributed by atoms with Crippen molar-refractivity contribution in [3.8, 4) is 5.75 Å². The van der Waals surface area contributed by atoms with E-state index < -0.39 is 24.6 Å². The molecule has 2 aliphatic rings. The summed E-state index contributed by atoms with van der Waals surface area (Å²) in [7, 11) is 0. The highest BCUT2D eigenvalue weighted by atomic mass is 19.4. The summed E-state index contributed by atoms with van der Waals surface area (Å²) in [5.41, 5.74) is 1.57. The molecule has 1 fully saturated rings. The third kappa shape index (κ3) is 4.31. The Hall–Kier alpha value is -2.91. The van der Waals surface area contributed by atoms with E-state index in [0.717, 1.165) is 0 Å². The second kappa shape index (κ2) is 8.08. The molecule has 1 N–H and O–H groups in total. The van der Waals surface area contributed by atoms with Gasteiger partial charge in [0.15, 0.2) is 0 Å². The molecule has 0 saturated carbocycles. The van der Waals surface area contributed by atoms with Crippen molar-refractivity contribution in [1.82, 2.24) is 9.88 Å². The second-order valence-electron chi connectivity index (χ2n) is 7.07. The minimum Gasteiger partial charge on any atom is -0.406 e. The molecule has 0 bridgehead atoms. The molecule has 1 aromatic carbocycles. The Morgan fingerprint density at radius 2 is 1.90 bits per heavy atom. The number of halogens is 4. The van der Waals surface area contributed by atoms with Crippen molar-refractivity contribution in [2.45, 2.75) is 25.1 Å². The smallest absolute Gasteiger partial charge is 0.406 e. The van der Waals surface area contributed by atoms with Crippen LogP contribution >= 0.6 is 0 Å². The Morgan fingerprint density at radius 1 is 1.13 bits per heavy atom. The van der Waals surface area contributed by atoms with E-state index >= 15 is 0 Å². The lowest BCUT2D eigenvalue weighted by Gasteiger charge is -2.40. The zero-order valence-corrected chi connectivity index (χ0v) is 15.8. The van der Waals surface area contributed by atoms with Gasteiger partial charge in [0.25, 0.3) is 0 Å². The first-order valence-corrected chi connectivity index (χ1v) is 9.37. The molecule has 0 amide bonds. The predicted molar refractivity (Wildman–Crippen MR) is 103 cm³/mol. The molecule has 158 valence electrons. The normalized spacial score (nSPS) is 22.3. The van der Waals surface area contributed by atoms with E-state index in [2.05, 4.69) is 9.72 Å². The van der Waals surface area contributed by atoms with Gasteiger partial charge in [-0.3, -0.25) is 4.90 Å². The summed E-state index contributed by atoms with van der Waals surface area (Å²) in [4.78, 5) is 7.57. The minimum atomic E-state index is -4.77. The van der Waals surface area contributed by atoms with Crippen LogP contribution in [0.25, 0.3) is 5.57 Å². The summed E-state index contributed by atoms with van der Waals surface area (Å²) in [6.45, 7) is 0.980. The molecule has 3 heterocycles. The maximum atomic E-state index is 14.5. The Kier molecular flexibility index (Phi) is 5.48. The first kappa shape index (κ1) is 20.4. The molecule has 5 nitrogen and oxygen atoms in total. The van der Waals surface area contributed by atoms with Gasteiger partial charge in [0, 0.05) is 42.3 Å². The Labute approximate surface area is 170 Å². The van der Waals surface area contributed by atoms with E-state index in [9.17, 15) is 22.7 Å². The monoisotopic (exact) mass is 421 g/mol. The third-order valence-electron chi connectivity index (χ3n) is 5.04. The molecule has 1 unspecified atom stereocenters. The summed E-state index contributed by atoms with van der Waals surface area (Å²) in [6, 6.07) is 8.75. The SMILES string of the molecule is OC1CCN([C@H]2C(c3cccnc3F)=CC=CN2c2ccc(OC(F)(F)F)cc2)C1. The van der Waals surface area contributed by atoms with Crippen LogP contribution in [0.5, 0.6) is 5.75 Å². The average molecular weight is 421 g/mol. The van der Waals surface area contributed by atoms with E-state index in [-0.39, 0.29) is 5.75 Å². The number of aromatic nitrogens is 1. The van der Waals surface area contributed by atoms with Crippen molar-refractivity contribution in [1.29, 1.82) is 0 Å². The minimum absolute atomic E-state index is 0.325. The van der Waals surface area contributed by atoms with Crippen molar-refractivity contribution in [2.24, 2.45) is 0 Å². The van der Waals surface area contributed by atoms with Gasteiger partial charge in [-0.15, -0.1) is 13.2 Å². The molecule has 1 saturated heterocycles. The summed E-state index contributed by atoms with van der Waals surface area (Å²) in [6.07, 6.45) is 1.51. The van der Waals surface area contributed by atoms with E-state index in [1.165, 1.54) is 30.5 Å². The van der Waals surface area contributed by atoms with Crippen molar-refractivity contribution < 1.29 is 27.4 Å². The number of aliphatic hydroxyl groups is 1. The van der Waals surface area contributed by atoms with Gasteiger partial charge >= 0.3 is 6.36 Å². The number of ether oxygens (including phenoxy) is 1. The van der Waals surface area contributed by atoms with Gasteiger partial charge in [-0.1, -0.05) is 6.08 Å². The number of anilines is 1. The molecule has 2 atom stereocenters. The summed E-state index contributed by atoms with van der Waals surface area (Å²) in [5, 5.41) is 10.0. The molecule has 9 heteroatoms. The number of hydrogen-bond donors (Lipinski definition) is 1. The van der Waals surface area contributed by atoms with Crippen LogP contribution in [-0.4, -0.2) is 46.7 Å². The number of pyridine rings is 1. The second-order valence-corrected chi connectivity index (χ2v) is 7.07. The number of benzene rings is 1. The van der Waals surface area contributed by atoms with Crippen LogP contribution in [0.1, 0.15) is 12.0 Å².